The number of nitrogens with zero attached hydrogens (tertiary/aromatic N) is 1. The third-order valence-electron chi connectivity index (χ3n) is 2.10. The number of amides is 1. The van der Waals surface area contributed by atoms with Crippen LogP contribution >= 0.6 is 0 Å². The van der Waals surface area contributed by atoms with E-state index in [0.29, 0.717) is 19.1 Å². The summed E-state index contributed by atoms with van der Waals surface area (Å²) in [5.41, 5.74) is 1.000. The number of carbonyl (C=O) groups is 1. The number of aromatic nitrogens is 1. The molecule has 4 heteroatoms. The fourth-order valence-electron chi connectivity index (χ4n) is 1.24. The second-order valence-electron chi connectivity index (χ2n) is 3.96. The number of carbonyl (C=O) groups excluding carboxylic acids is 1. The summed E-state index contributed by atoms with van der Waals surface area (Å²) in [5, 5.41) is 5.91. The van der Waals surface area contributed by atoms with E-state index in [1.807, 2.05) is 32.0 Å². The summed E-state index contributed by atoms with van der Waals surface area (Å²) < 4.78 is 0. The minimum absolute atomic E-state index is 0.0321. The van der Waals surface area contributed by atoms with E-state index in [9.17, 15) is 4.79 Å². The zero-order valence-corrected chi connectivity index (χ0v) is 9.86. The van der Waals surface area contributed by atoms with Gasteiger partial charge >= 0.3 is 0 Å². The summed E-state index contributed by atoms with van der Waals surface area (Å²) in [6.45, 7) is 5.04. The van der Waals surface area contributed by atoms with Crippen molar-refractivity contribution < 1.29 is 4.79 Å². The van der Waals surface area contributed by atoms with Gasteiger partial charge in [0.1, 0.15) is 0 Å². The molecule has 0 bridgehead atoms. The average molecular weight is 221 g/mol. The van der Waals surface area contributed by atoms with Crippen LogP contribution in [0.4, 0.5) is 0 Å². The summed E-state index contributed by atoms with van der Waals surface area (Å²) in [6, 6.07) is 6.12. The van der Waals surface area contributed by atoms with Crippen LogP contribution in [0, 0.1) is 0 Å². The van der Waals surface area contributed by atoms with E-state index in [-0.39, 0.29) is 5.91 Å². The van der Waals surface area contributed by atoms with Crippen molar-refractivity contribution in [3.8, 4) is 0 Å². The van der Waals surface area contributed by atoms with E-state index in [1.165, 1.54) is 0 Å². The lowest BCUT2D eigenvalue weighted by Crippen LogP contribution is -2.37. The molecule has 0 aromatic carbocycles. The summed E-state index contributed by atoms with van der Waals surface area (Å²) in [7, 11) is 0. The Morgan fingerprint density at radius 3 is 2.88 bits per heavy atom. The van der Waals surface area contributed by atoms with Gasteiger partial charge in [-0.3, -0.25) is 9.78 Å². The first kappa shape index (κ1) is 12.6. The van der Waals surface area contributed by atoms with Gasteiger partial charge in [0.25, 0.3) is 0 Å². The minimum Gasteiger partial charge on any atom is -0.355 e. The Bertz CT molecular complexity index is 311. The SMILES string of the molecule is CC(C)NCC(=O)NCCc1ccccn1. The predicted molar refractivity (Wildman–Crippen MR) is 64.1 cm³/mol. The lowest BCUT2D eigenvalue weighted by atomic mass is 10.3. The largest absolute Gasteiger partial charge is 0.355 e. The van der Waals surface area contributed by atoms with Crippen LogP contribution in [0.25, 0.3) is 0 Å². The molecule has 16 heavy (non-hydrogen) atoms. The van der Waals surface area contributed by atoms with Crippen LogP contribution < -0.4 is 10.6 Å². The third kappa shape index (κ3) is 5.46. The van der Waals surface area contributed by atoms with Gasteiger partial charge in [0.15, 0.2) is 0 Å². The van der Waals surface area contributed by atoms with Gasteiger partial charge in [-0.1, -0.05) is 19.9 Å². The van der Waals surface area contributed by atoms with E-state index < -0.39 is 0 Å². The molecule has 0 saturated heterocycles. The van der Waals surface area contributed by atoms with Crippen LogP contribution in [0.3, 0.4) is 0 Å². The molecule has 88 valence electrons. The summed E-state index contributed by atoms with van der Waals surface area (Å²) >= 11 is 0. The molecule has 0 spiro atoms. The Labute approximate surface area is 96.5 Å². The van der Waals surface area contributed by atoms with Crippen molar-refractivity contribution in [2.75, 3.05) is 13.1 Å². The maximum atomic E-state index is 11.3. The molecule has 0 aliphatic rings. The van der Waals surface area contributed by atoms with Crippen molar-refractivity contribution in [2.24, 2.45) is 0 Å². The molecule has 1 heterocycles. The second kappa shape index (κ2) is 6.95. The molecule has 4 nitrogen and oxygen atoms in total. The monoisotopic (exact) mass is 221 g/mol. The highest BCUT2D eigenvalue weighted by Crippen LogP contribution is 1.92. The lowest BCUT2D eigenvalue weighted by molar-refractivity contribution is -0.120. The van der Waals surface area contributed by atoms with Crippen molar-refractivity contribution in [2.45, 2.75) is 26.3 Å². The van der Waals surface area contributed by atoms with Crippen LogP contribution in [0.2, 0.25) is 0 Å². The highest BCUT2D eigenvalue weighted by molar-refractivity contribution is 5.77. The maximum Gasteiger partial charge on any atom is 0.233 e. The first-order chi connectivity index (χ1) is 7.68. The van der Waals surface area contributed by atoms with E-state index in [0.717, 1.165) is 12.1 Å². The molecular weight excluding hydrogens is 202 g/mol. The molecule has 0 radical (unpaired) electrons. The zero-order chi connectivity index (χ0) is 11.8. The van der Waals surface area contributed by atoms with Gasteiger partial charge in [-0.15, -0.1) is 0 Å². The molecule has 0 aliphatic heterocycles. The van der Waals surface area contributed by atoms with Gasteiger partial charge in [-0.2, -0.15) is 0 Å². The van der Waals surface area contributed by atoms with Crippen LogP contribution in [-0.4, -0.2) is 30.0 Å². The highest BCUT2D eigenvalue weighted by atomic mass is 16.1. The van der Waals surface area contributed by atoms with Crippen LogP contribution in [0.15, 0.2) is 24.4 Å². The van der Waals surface area contributed by atoms with Gasteiger partial charge in [0, 0.05) is 30.9 Å². The Hall–Kier alpha value is -1.42. The Morgan fingerprint density at radius 1 is 1.44 bits per heavy atom. The Balaban J connectivity index is 2.13. The Morgan fingerprint density at radius 2 is 2.25 bits per heavy atom. The normalized spacial score (nSPS) is 10.4. The first-order valence-corrected chi connectivity index (χ1v) is 5.58. The van der Waals surface area contributed by atoms with Gasteiger partial charge < -0.3 is 10.6 Å². The van der Waals surface area contributed by atoms with Crippen LogP contribution in [-0.2, 0) is 11.2 Å². The molecule has 0 unspecified atom stereocenters. The van der Waals surface area contributed by atoms with Gasteiger partial charge in [0.05, 0.1) is 6.54 Å². The zero-order valence-electron chi connectivity index (χ0n) is 9.86. The standard InChI is InChI=1S/C12H19N3O/c1-10(2)15-9-12(16)14-8-6-11-5-3-4-7-13-11/h3-5,7,10,15H,6,8-9H2,1-2H3,(H,14,16). The average Bonchev–Trinajstić information content (AvgIpc) is 2.28. The van der Waals surface area contributed by atoms with E-state index in [4.69, 9.17) is 0 Å². The number of pyridine rings is 1. The first-order valence-electron chi connectivity index (χ1n) is 5.58. The quantitative estimate of drug-likeness (QED) is 0.745. The predicted octanol–water partition coefficient (Wildman–Crippen LogP) is 0.738. The third-order valence-corrected chi connectivity index (χ3v) is 2.10. The number of rotatable bonds is 6. The molecule has 2 N–H and O–H groups in total. The van der Waals surface area contributed by atoms with E-state index in [1.54, 1.807) is 6.20 Å². The second-order valence-corrected chi connectivity index (χ2v) is 3.96. The van der Waals surface area contributed by atoms with E-state index >= 15 is 0 Å². The fourth-order valence-corrected chi connectivity index (χ4v) is 1.24. The Kier molecular flexibility index (Phi) is 5.50. The fraction of sp³-hybridized carbons (Fsp3) is 0.500. The van der Waals surface area contributed by atoms with Crippen LogP contribution in [0.5, 0.6) is 0 Å². The maximum absolute atomic E-state index is 11.3. The number of hydrogen-bond donors (Lipinski definition) is 2. The smallest absolute Gasteiger partial charge is 0.233 e. The van der Waals surface area contributed by atoms with Crippen molar-refractivity contribution in [1.82, 2.24) is 15.6 Å². The molecule has 0 aliphatic carbocycles. The van der Waals surface area contributed by atoms with Gasteiger partial charge in [-0.05, 0) is 12.1 Å². The van der Waals surface area contributed by atoms with Crippen molar-refractivity contribution in [3.05, 3.63) is 30.1 Å². The highest BCUT2D eigenvalue weighted by Gasteiger charge is 2.01. The van der Waals surface area contributed by atoms with E-state index in [2.05, 4.69) is 15.6 Å². The summed E-state index contributed by atoms with van der Waals surface area (Å²) in [5.74, 6) is 0.0321. The number of nitrogens with one attached hydrogen (secondary N) is 2. The number of hydrogen-bond acceptors (Lipinski definition) is 3. The molecule has 1 aromatic heterocycles. The lowest BCUT2D eigenvalue weighted by Gasteiger charge is -2.08. The summed E-state index contributed by atoms with van der Waals surface area (Å²) in [4.78, 5) is 15.5. The van der Waals surface area contributed by atoms with Crippen LogP contribution in [0.1, 0.15) is 19.5 Å². The van der Waals surface area contributed by atoms with Crippen molar-refractivity contribution in [3.63, 3.8) is 0 Å². The molecule has 0 saturated carbocycles. The minimum atomic E-state index is 0.0321. The molecule has 1 aromatic rings. The van der Waals surface area contributed by atoms with Gasteiger partial charge in [-0.25, -0.2) is 0 Å². The van der Waals surface area contributed by atoms with Crippen molar-refractivity contribution >= 4 is 5.91 Å². The molecule has 1 rings (SSSR count). The summed E-state index contributed by atoms with van der Waals surface area (Å²) in [6.07, 6.45) is 2.53. The molecule has 1 amide bonds. The topological polar surface area (TPSA) is 54.0 Å². The molecule has 0 atom stereocenters. The molecule has 0 fully saturated rings. The van der Waals surface area contributed by atoms with Gasteiger partial charge in [0.2, 0.25) is 5.91 Å². The van der Waals surface area contributed by atoms with Crippen molar-refractivity contribution in [1.29, 1.82) is 0 Å². The molecular formula is C12H19N3O.